The molecule has 2 aromatic heterocycles. The van der Waals surface area contributed by atoms with E-state index < -0.39 is 0 Å². The first-order valence-electron chi connectivity index (χ1n) is 15.6. The molecule has 4 heterocycles. The van der Waals surface area contributed by atoms with Gasteiger partial charge in [-0.25, -0.2) is 15.0 Å². The maximum Gasteiger partial charge on any atom is 0.259 e. The Hall–Kier alpha value is -2.44. The van der Waals surface area contributed by atoms with Crippen molar-refractivity contribution in [3.8, 4) is 0 Å². The van der Waals surface area contributed by atoms with Crippen LogP contribution in [0.4, 0.5) is 11.6 Å². The van der Waals surface area contributed by atoms with Crippen molar-refractivity contribution < 1.29 is 14.3 Å². The first-order valence-corrected chi connectivity index (χ1v) is 15.6. The first-order chi connectivity index (χ1) is 20.6. The van der Waals surface area contributed by atoms with E-state index in [1.54, 1.807) is 19.5 Å². The average Bonchev–Trinajstić information content (AvgIpc) is 3.01. The van der Waals surface area contributed by atoms with Crippen LogP contribution >= 0.6 is 37.2 Å². The minimum absolute atomic E-state index is 0. The molecule has 11 nitrogen and oxygen atoms in total. The van der Waals surface area contributed by atoms with Crippen LogP contribution in [-0.4, -0.2) is 109 Å². The molecule has 2 N–H and O–H groups in total. The number of carbonyl (C=O) groups is 2. The Bertz CT molecular complexity index is 1210. The summed E-state index contributed by atoms with van der Waals surface area (Å²) in [4.78, 5) is 47.9. The normalized spacial score (nSPS) is 18.2. The van der Waals surface area contributed by atoms with E-state index in [4.69, 9.17) is 9.72 Å². The molecular formula is C32H53Cl3N8O3. The predicted octanol–water partition coefficient (Wildman–Crippen LogP) is 4.31. The fourth-order valence-corrected chi connectivity index (χ4v) is 5.70. The number of hydrogen-bond donors (Lipinski definition) is 2. The quantitative estimate of drug-likeness (QED) is 0.331. The monoisotopic (exact) mass is 702 g/mol. The molecule has 46 heavy (non-hydrogen) atoms. The number of piperidine rings is 1. The number of carbonyl (C=O) groups excluding carboxylic acids is 2. The van der Waals surface area contributed by atoms with Gasteiger partial charge in [0.05, 0.1) is 5.92 Å². The van der Waals surface area contributed by atoms with E-state index >= 15 is 0 Å². The lowest BCUT2D eigenvalue weighted by Gasteiger charge is -2.41. The van der Waals surface area contributed by atoms with Crippen LogP contribution in [0.3, 0.4) is 0 Å². The minimum Gasteiger partial charge on any atom is -0.385 e. The summed E-state index contributed by atoms with van der Waals surface area (Å²) < 4.78 is 5.20. The Kier molecular flexibility index (Phi) is 17.5. The zero-order valence-electron chi connectivity index (χ0n) is 28.0. The molecule has 0 spiro atoms. The van der Waals surface area contributed by atoms with Gasteiger partial charge in [-0.15, -0.1) is 37.2 Å². The molecule has 2 aliphatic heterocycles. The maximum atomic E-state index is 14.2. The molecule has 0 radical (unpaired) electrons. The second kappa shape index (κ2) is 19.4. The van der Waals surface area contributed by atoms with Crippen LogP contribution in [0, 0.1) is 11.8 Å². The Morgan fingerprint density at radius 2 is 1.80 bits per heavy atom. The second-order valence-electron chi connectivity index (χ2n) is 13.1. The van der Waals surface area contributed by atoms with Gasteiger partial charge in [0, 0.05) is 89.9 Å². The van der Waals surface area contributed by atoms with Crippen LogP contribution in [-0.2, 0) is 14.9 Å². The summed E-state index contributed by atoms with van der Waals surface area (Å²) in [5.74, 6) is 2.31. The van der Waals surface area contributed by atoms with Gasteiger partial charge in [0.1, 0.15) is 23.0 Å². The van der Waals surface area contributed by atoms with Crippen molar-refractivity contribution in [2.24, 2.45) is 11.8 Å². The molecule has 260 valence electrons. The van der Waals surface area contributed by atoms with Crippen LogP contribution in [0.15, 0.2) is 30.6 Å². The lowest BCUT2D eigenvalue weighted by molar-refractivity contribution is -0.137. The van der Waals surface area contributed by atoms with Gasteiger partial charge in [-0.05, 0) is 30.9 Å². The molecule has 0 unspecified atom stereocenters. The zero-order valence-corrected chi connectivity index (χ0v) is 30.5. The third kappa shape index (κ3) is 11.1. The maximum absolute atomic E-state index is 14.2. The molecule has 2 fully saturated rings. The molecule has 0 aromatic carbocycles. The standard InChI is InChI=1S/C32H50N8O3.3ClH/c1-23(2)22-40(30(42)26-21-36-31(32(3,4)5)37-28(26)35-12-9-17-43-6)25-18-24(19-33-20-25)29(41)39-15-13-38(14-16-39)27-10-7-8-11-34-27;;;/h7-8,10-11,21,23-25,33H,9,12-20,22H2,1-6H3,(H,35,36,37);3*1H/t24-,25+;;;/m1.../s1. The molecule has 0 bridgehead atoms. The number of nitrogens with zero attached hydrogens (tertiary/aromatic N) is 6. The number of amides is 2. The van der Waals surface area contributed by atoms with E-state index in [-0.39, 0.29) is 72.3 Å². The number of rotatable bonds is 11. The molecule has 0 aliphatic carbocycles. The number of nitrogens with one attached hydrogen (secondary N) is 2. The molecule has 2 saturated heterocycles. The Balaban J connectivity index is 0.00000353. The highest BCUT2D eigenvalue weighted by Gasteiger charge is 2.37. The summed E-state index contributed by atoms with van der Waals surface area (Å²) in [5, 5.41) is 6.84. The van der Waals surface area contributed by atoms with Gasteiger partial charge in [-0.3, -0.25) is 9.59 Å². The zero-order chi connectivity index (χ0) is 31.0. The molecule has 14 heteroatoms. The highest BCUT2D eigenvalue weighted by molar-refractivity contribution is 5.98. The lowest BCUT2D eigenvalue weighted by atomic mass is 9.92. The van der Waals surface area contributed by atoms with Crippen LogP contribution in [0.1, 0.15) is 63.6 Å². The van der Waals surface area contributed by atoms with Crippen molar-refractivity contribution in [2.45, 2.75) is 58.9 Å². The van der Waals surface area contributed by atoms with Gasteiger partial charge in [-0.1, -0.05) is 40.7 Å². The Labute approximate surface area is 293 Å². The number of anilines is 2. The number of piperazine rings is 1. The molecule has 0 saturated carbocycles. The van der Waals surface area contributed by atoms with Crippen LogP contribution in [0.25, 0.3) is 0 Å². The van der Waals surface area contributed by atoms with E-state index in [1.165, 1.54) is 0 Å². The van der Waals surface area contributed by atoms with Crippen molar-refractivity contribution in [3.05, 3.63) is 42.0 Å². The highest BCUT2D eigenvalue weighted by Crippen LogP contribution is 2.26. The highest BCUT2D eigenvalue weighted by atomic mass is 35.5. The second-order valence-corrected chi connectivity index (χ2v) is 13.1. The molecular weight excluding hydrogens is 651 g/mol. The summed E-state index contributed by atoms with van der Waals surface area (Å²) in [6.45, 7) is 16.4. The van der Waals surface area contributed by atoms with E-state index in [2.05, 4.69) is 60.1 Å². The number of pyridine rings is 1. The van der Waals surface area contributed by atoms with E-state index in [1.807, 2.05) is 28.0 Å². The fourth-order valence-electron chi connectivity index (χ4n) is 5.70. The third-order valence-corrected chi connectivity index (χ3v) is 8.01. The number of halogens is 3. The van der Waals surface area contributed by atoms with E-state index in [9.17, 15) is 9.59 Å². The van der Waals surface area contributed by atoms with E-state index in [0.29, 0.717) is 69.5 Å². The summed E-state index contributed by atoms with van der Waals surface area (Å²) in [6, 6.07) is 5.80. The number of methoxy groups -OCH3 is 1. The van der Waals surface area contributed by atoms with Crippen LogP contribution < -0.4 is 15.5 Å². The number of aromatic nitrogens is 3. The summed E-state index contributed by atoms with van der Waals surface area (Å²) in [7, 11) is 1.68. The largest absolute Gasteiger partial charge is 0.385 e. The fraction of sp³-hybridized carbons (Fsp3) is 0.656. The van der Waals surface area contributed by atoms with Crippen molar-refractivity contribution >= 4 is 60.7 Å². The van der Waals surface area contributed by atoms with Gasteiger partial charge in [0.15, 0.2) is 0 Å². The smallest absolute Gasteiger partial charge is 0.259 e. The van der Waals surface area contributed by atoms with Crippen molar-refractivity contribution in [2.75, 3.05) is 76.3 Å². The van der Waals surface area contributed by atoms with Gasteiger partial charge < -0.3 is 30.1 Å². The van der Waals surface area contributed by atoms with Gasteiger partial charge >= 0.3 is 0 Å². The number of ether oxygens (including phenoxy) is 1. The van der Waals surface area contributed by atoms with E-state index in [0.717, 1.165) is 25.3 Å². The minimum atomic E-state index is -0.258. The van der Waals surface area contributed by atoms with Crippen molar-refractivity contribution in [3.63, 3.8) is 0 Å². The predicted molar refractivity (Wildman–Crippen MR) is 191 cm³/mol. The Morgan fingerprint density at radius 1 is 1.09 bits per heavy atom. The van der Waals surface area contributed by atoms with Gasteiger partial charge in [-0.2, -0.15) is 0 Å². The molecule has 2 atom stereocenters. The topological polar surface area (TPSA) is 116 Å². The molecule has 2 aromatic rings. The molecule has 2 amide bonds. The summed E-state index contributed by atoms with van der Waals surface area (Å²) in [5.41, 5.74) is 0.205. The van der Waals surface area contributed by atoms with Gasteiger partial charge in [0.2, 0.25) is 5.91 Å². The lowest BCUT2D eigenvalue weighted by Crippen LogP contribution is -2.57. The third-order valence-electron chi connectivity index (χ3n) is 8.01. The van der Waals surface area contributed by atoms with Gasteiger partial charge in [0.25, 0.3) is 5.91 Å². The van der Waals surface area contributed by atoms with Crippen molar-refractivity contribution in [1.29, 1.82) is 0 Å². The average molecular weight is 704 g/mol. The number of hydrogen-bond acceptors (Lipinski definition) is 9. The summed E-state index contributed by atoms with van der Waals surface area (Å²) in [6.07, 6.45) is 4.89. The van der Waals surface area contributed by atoms with Crippen LogP contribution in [0.5, 0.6) is 0 Å². The first kappa shape index (κ1) is 41.6. The van der Waals surface area contributed by atoms with Crippen molar-refractivity contribution in [1.82, 2.24) is 30.1 Å². The SMILES string of the molecule is COCCCNc1nc(C(C)(C)C)ncc1C(=O)N(CC(C)C)[C@@H]1CNC[C@H](C(=O)N2CCN(c3ccccn3)CC2)C1.Cl.Cl.Cl. The molecule has 2 aliphatic rings. The molecule has 4 rings (SSSR count). The summed E-state index contributed by atoms with van der Waals surface area (Å²) >= 11 is 0. The van der Waals surface area contributed by atoms with Crippen LogP contribution in [0.2, 0.25) is 0 Å². The Morgan fingerprint density at radius 3 is 2.41 bits per heavy atom.